The molecule has 0 fully saturated rings. The van der Waals surface area contributed by atoms with Gasteiger partial charge in [-0.05, 0) is 44.5 Å². The van der Waals surface area contributed by atoms with Crippen LogP contribution < -0.4 is 0 Å². The first-order valence-corrected chi connectivity index (χ1v) is 6.61. The van der Waals surface area contributed by atoms with Crippen LogP contribution in [0.4, 0.5) is 0 Å². The lowest BCUT2D eigenvalue weighted by molar-refractivity contribution is -0.129. The molecular formula is C15H15ClN2O2. The summed E-state index contributed by atoms with van der Waals surface area (Å²) < 4.78 is 0. The van der Waals surface area contributed by atoms with Crippen molar-refractivity contribution >= 4 is 29.1 Å². The highest BCUT2D eigenvalue weighted by atomic mass is 35.5. The fraction of sp³-hybridized carbons (Fsp3) is 0.267. The first-order chi connectivity index (χ1) is 9.40. The Balaban J connectivity index is 2.22. The molecule has 2 rings (SSSR count). The Hall–Kier alpha value is -1.94. The van der Waals surface area contributed by atoms with Crippen molar-refractivity contribution in [3.05, 3.63) is 47.0 Å². The molecule has 1 aliphatic heterocycles. The summed E-state index contributed by atoms with van der Waals surface area (Å²) in [6.45, 7) is 7.40. The monoisotopic (exact) mass is 290 g/mol. The SMILES string of the molecule is C=C(C)CC1C(=O)N(C(=O)c2ccc(Cl)cc2)N=C1C. The molecule has 1 unspecified atom stereocenters. The Morgan fingerprint density at radius 3 is 2.55 bits per heavy atom. The maximum atomic E-state index is 12.3. The second-order valence-electron chi connectivity index (χ2n) is 4.92. The first kappa shape index (κ1) is 14.5. The van der Waals surface area contributed by atoms with Gasteiger partial charge in [-0.3, -0.25) is 9.59 Å². The van der Waals surface area contributed by atoms with E-state index < -0.39 is 5.91 Å². The summed E-state index contributed by atoms with van der Waals surface area (Å²) in [5, 5.41) is 5.55. The van der Waals surface area contributed by atoms with Gasteiger partial charge in [0.1, 0.15) is 0 Å². The Morgan fingerprint density at radius 2 is 2.00 bits per heavy atom. The van der Waals surface area contributed by atoms with E-state index in [2.05, 4.69) is 11.7 Å². The highest BCUT2D eigenvalue weighted by Gasteiger charge is 2.37. The van der Waals surface area contributed by atoms with Crippen molar-refractivity contribution in [3.8, 4) is 0 Å². The lowest BCUT2D eigenvalue weighted by Crippen LogP contribution is -2.32. The van der Waals surface area contributed by atoms with E-state index in [0.717, 1.165) is 10.6 Å². The molecule has 0 radical (unpaired) electrons. The van der Waals surface area contributed by atoms with Gasteiger partial charge in [-0.15, -0.1) is 6.58 Å². The molecule has 1 aromatic rings. The van der Waals surface area contributed by atoms with Gasteiger partial charge in [-0.25, -0.2) is 0 Å². The Kier molecular flexibility index (Phi) is 4.04. The number of carbonyl (C=O) groups is 2. The van der Waals surface area contributed by atoms with E-state index in [0.29, 0.717) is 22.7 Å². The van der Waals surface area contributed by atoms with Gasteiger partial charge in [0, 0.05) is 16.3 Å². The molecule has 2 amide bonds. The van der Waals surface area contributed by atoms with E-state index in [4.69, 9.17) is 11.6 Å². The van der Waals surface area contributed by atoms with Crippen molar-refractivity contribution in [2.24, 2.45) is 11.0 Å². The normalized spacial score (nSPS) is 18.1. The molecule has 1 aromatic carbocycles. The molecule has 0 spiro atoms. The van der Waals surface area contributed by atoms with Gasteiger partial charge in [-0.1, -0.05) is 17.2 Å². The topological polar surface area (TPSA) is 49.7 Å². The van der Waals surface area contributed by atoms with E-state index in [1.807, 2.05) is 6.92 Å². The molecule has 1 aliphatic rings. The van der Waals surface area contributed by atoms with Gasteiger partial charge in [-0.2, -0.15) is 10.1 Å². The standard InChI is InChI=1S/C15H15ClN2O2/c1-9(2)8-13-10(3)17-18(15(13)20)14(19)11-4-6-12(16)7-5-11/h4-7,13H,1,8H2,2-3H3. The largest absolute Gasteiger partial charge is 0.281 e. The van der Waals surface area contributed by atoms with Crippen LogP contribution in [0.5, 0.6) is 0 Å². The fourth-order valence-electron chi connectivity index (χ4n) is 2.05. The minimum atomic E-state index is -0.435. The zero-order chi connectivity index (χ0) is 14.9. The first-order valence-electron chi connectivity index (χ1n) is 6.23. The third-order valence-corrected chi connectivity index (χ3v) is 3.36. The van der Waals surface area contributed by atoms with E-state index in [9.17, 15) is 9.59 Å². The summed E-state index contributed by atoms with van der Waals surface area (Å²) in [5.74, 6) is -1.12. The molecule has 0 aliphatic carbocycles. The van der Waals surface area contributed by atoms with Crippen molar-refractivity contribution in [2.75, 3.05) is 0 Å². The number of nitrogens with zero attached hydrogens (tertiary/aromatic N) is 2. The number of carbonyl (C=O) groups excluding carboxylic acids is 2. The zero-order valence-electron chi connectivity index (χ0n) is 11.4. The number of allylic oxidation sites excluding steroid dienone is 1. The van der Waals surface area contributed by atoms with Crippen LogP contribution in [0, 0.1) is 5.92 Å². The summed E-state index contributed by atoms with van der Waals surface area (Å²) in [7, 11) is 0. The molecule has 0 saturated heterocycles. The van der Waals surface area contributed by atoms with Crippen molar-refractivity contribution in [3.63, 3.8) is 0 Å². The van der Waals surface area contributed by atoms with Crippen molar-refractivity contribution < 1.29 is 9.59 Å². The highest BCUT2D eigenvalue weighted by Crippen LogP contribution is 2.24. The summed E-state index contributed by atoms with van der Waals surface area (Å²) >= 11 is 5.78. The average molecular weight is 291 g/mol. The van der Waals surface area contributed by atoms with Gasteiger partial charge in [0.25, 0.3) is 11.8 Å². The molecule has 1 heterocycles. The Morgan fingerprint density at radius 1 is 1.40 bits per heavy atom. The van der Waals surface area contributed by atoms with Crippen LogP contribution in [0.15, 0.2) is 41.5 Å². The van der Waals surface area contributed by atoms with E-state index in [-0.39, 0.29) is 11.8 Å². The predicted molar refractivity (Wildman–Crippen MR) is 78.7 cm³/mol. The second-order valence-corrected chi connectivity index (χ2v) is 5.35. The van der Waals surface area contributed by atoms with Gasteiger partial charge in [0.05, 0.1) is 5.92 Å². The van der Waals surface area contributed by atoms with Crippen LogP contribution in [-0.4, -0.2) is 22.5 Å². The molecule has 5 heteroatoms. The maximum absolute atomic E-state index is 12.3. The molecule has 1 atom stereocenters. The molecule has 0 N–H and O–H groups in total. The van der Waals surface area contributed by atoms with Crippen LogP contribution in [0.1, 0.15) is 30.6 Å². The number of hydrogen-bond acceptors (Lipinski definition) is 3. The lowest BCUT2D eigenvalue weighted by atomic mass is 9.97. The quantitative estimate of drug-likeness (QED) is 0.633. The van der Waals surface area contributed by atoms with Crippen LogP contribution in [0.2, 0.25) is 5.02 Å². The van der Waals surface area contributed by atoms with Crippen LogP contribution in [0.25, 0.3) is 0 Å². The molecular weight excluding hydrogens is 276 g/mol. The summed E-state index contributed by atoms with van der Waals surface area (Å²) in [6.07, 6.45) is 0.512. The van der Waals surface area contributed by atoms with Crippen LogP contribution in [0.3, 0.4) is 0 Å². The summed E-state index contributed by atoms with van der Waals surface area (Å²) in [5.41, 5.74) is 1.91. The molecule has 104 valence electrons. The van der Waals surface area contributed by atoms with Gasteiger partial charge in [0.2, 0.25) is 0 Å². The number of halogens is 1. The number of hydrazone groups is 1. The Labute approximate surface area is 122 Å². The number of amides is 2. The number of benzene rings is 1. The van der Waals surface area contributed by atoms with Crippen LogP contribution in [-0.2, 0) is 4.79 Å². The number of hydrogen-bond donors (Lipinski definition) is 0. The number of imide groups is 1. The van der Waals surface area contributed by atoms with Gasteiger partial charge >= 0.3 is 0 Å². The average Bonchev–Trinajstić information content (AvgIpc) is 2.66. The summed E-state index contributed by atoms with van der Waals surface area (Å²) in [4.78, 5) is 24.5. The lowest BCUT2D eigenvalue weighted by Gasteiger charge is -2.12. The van der Waals surface area contributed by atoms with Gasteiger partial charge in [0.15, 0.2) is 0 Å². The fourth-order valence-corrected chi connectivity index (χ4v) is 2.17. The molecule has 20 heavy (non-hydrogen) atoms. The molecule has 0 aromatic heterocycles. The highest BCUT2D eigenvalue weighted by molar-refractivity contribution is 6.30. The third kappa shape index (κ3) is 2.80. The molecule has 4 nitrogen and oxygen atoms in total. The molecule has 0 bridgehead atoms. The van der Waals surface area contributed by atoms with Crippen LogP contribution >= 0.6 is 11.6 Å². The van der Waals surface area contributed by atoms with E-state index >= 15 is 0 Å². The second kappa shape index (κ2) is 5.59. The minimum absolute atomic E-state index is 0.301. The van der Waals surface area contributed by atoms with Crippen molar-refractivity contribution in [2.45, 2.75) is 20.3 Å². The summed E-state index contributed by atoms with van der Waals surface area (Å²) in [6, 6.07) is 6.37. The van der Waals surface area contributed by atoms with Gasteiger partial charge < -0.3 is 0 Å². The van der Waals surface area contributed by atoms with Crippen molar-refractivity contribution in [1.29, 1.82) is 0 Å². The minimum Gasteiger partial charge on any atom is -0.272 e. The number of rotatable bonds is 3. The third-order valence-electron chi connectivity index (χ3n) is 3.11. The maximum Gasteiger partial charge on any atom is 0.281 e. The zero-order valence-corrected chi connectivity index (χ0v) is 12.1. The van der Waals surface area contributed by atoms with E-state index in [1.165, 1.54) is 0 Å². The predicted octanol–water partition coefficient (Wildman–Crippen LogP) is 3.28. The van der Waals surface area contributed by atoms with E-state index in [1.54, 1.807) is 31.2 Å². The molecule has 0 saturated carbocycles. The van der Waals surface area contributed by atoms with Crippen molar-refractivity contribution in [1.82, 2.24) is 5.01 Å². The Bertz CT molecular complexity index is 605. The smallest absolute Gasteiger partial charge is 0.272 e.